The molecule has 0 radical (unpaired) electrons. The molecule has 0 spiro atoms. The Kier molecular flexibility index (Phi) is 4.82. The van der Waals surface area contributed by atoms with Gasteiger partial charge < -0.3 is 15.0 Å². The van der Waals surface area contributed by atoms with Crippen molar-refractivity contribution in [1.29, 1.82) is 5.26 Å². The normalized spacial score (nSPS) is 9.24. The summed E-state index contributed by atoms with van der Waals surface area (Å²) in [6.45, 7) is 0.409. The Balaban J connectivity index is 2.58. The molecule has 90 valence electrons. The van der Waals surface area contributed by atoms with Crippen molar-refractivity contribution in [1.82, 2.24) is 4.90 Å². The van der Waals surface area contributed by atoms with E-state index in [1.165, 1.54) is 4.90 Å². The second kappa shape index (κ2) is 6.38. The van der Waals surface area contributed by atoms with Crippen LogP contribution in [0.5, 0.6) is 5.75 Å². The standard InChI is InChI=1S/C12H15N3O2/c1-15(8-4-7-13)12(16)14-10-5-3-6-11(9-10)17-2/h3,5-6,9H,4,8H2,1-2H3,(H,14,16). The number of amides is 2. The van der Waals surface area contributed by atoms with Crippen LogP contribution in [-0.2, 0) is 0 Å². The summed E-state index contributed by atoms with van der Waals surface area (Å²) >= 11 is 0. The number of nitrogens with one attached hydrogen (secondary N) is 1. The number of hydrogen-bond acceptors (Lipinski definition) is 3. The topological polar surface area (TPSA) is 65.4 Å². The third kappa shape index (κ3) is 4.03. The van der Waals surface area contributed by atoms with Crippen LogP contribution in [0.1, 0.15) is 6.42 Å². The van der Waals surface area contributed by atoms with Crippen molar-refractivity contribution in [3.8, 4) is 11.8 Å². The predicted octanol–water partition coefficient (Wildman–Crippen LogP) is 2.07. The van der Waals surface area contributed by atoms with Crippen LogP contribution in [0.4, 0.5) is 10.5 Å². The van der Waals surface area contributed by atoms with Crippen molar-refractivity contribution < 1.29 is 9.53 Å². The molecule has 2 amide bonds. The predicted molar refractivity (Wildman–Crippen MR) is 64.9 cm³/mol. The van der Waals surface area contributed by atoms with Gasteiger partial charge in [0.25, 0.3) is 0 Å². The molecule has 5 nitrogen and oxygen atoms in total. The molecule has 0 saturated heterocycles. The number of hydrogen-bond donors (Lipinski definition) is 1. The molecule has 1 aromatic carbocycles. The average molecular weight is 233 g/mol. The Hall–Kier alpha value is -2.22. The average Bonchev–Trinajstić information content (AvgIpc) is 2.36. The fraction of sp³-hybridized carbons (Fsp3) is 0.333. The van der Waals surface area contributed by atoms with Crippen LogP contribution in [0.3, 0.4) is 0 Å². The summed E-state index contributed by atoms with van der Waals surface area (Å²) in [5, 5.41) is 11.2. The lowest BCUT2D eigenvalue weighted by molar-refractivity contribution is 0.223. The Labute approximate surface area is 101 Å². The molecule has 0 saturated carbocycles. The lowest BCUT2D eigenvalue weighted by Gasteiger charge is -2.16. The van der Waals surface area contributed by atoms with Gasteiger partial charge in [0.1, 0.15) is 5.75 Å². The molecular weight excluding hydrogens is 218 g/mol. The molecule has 0 heterocycles. The minimum absolute atomic E-state index is 0.242. The van der Waals surface area contributed by atoms with Crippen molar-refractivity contribution in [3.05, 3.63) is 24.3 Å². The first kappa shape index (κ1) is 12.8. The molecule has 0 fully saturated rings. The summed E-state index contributed by atoms with van der Waals surface area (Å²) in [5.74, 6) is 0.683. The molecule has 0 aliphatic rings. The van der Waals surface area contributed by atoms with E-state index < -0.39 is 0 Å². The fourth-order valence-electron chi connectivity index (χ4n) is 1.24. The summed E-state index contributed by atoms with van der Waals surface area (Å²) in [7, 11) is 3.22. The van der Waals surface area contributed by atoms with Gasteiger partial charge in [-0.1, -0.05) is 6.07 Å². The maximum absolute atomic E-state index is 11.7. The smallest absolute Gasteiger partial charge is 0.321 e. The van der Waals surface area contributed by atoms with Gasteiger partial charge in [-0.2, -0.15) is 5.26 Å². The zero-order valence-corrected chi connectivity index (χ0v) is 9.93. The summed E-state index contributed by atoms with van der Waals surface area (Å²) in [5.41, 5.74) is 0.665. The summed E-state index contributed by atoms with van der Waals surface area (Å²) < 4.78 is 5.05. The largest absolute Gasteiger partial charge is 0.497 e. The van der Waals surface area contributed by atoms with Crippen molar-refractivity contribution in [2.45, 2.75) is 6.42 Å². The van der Waals surface area contributed by atoms with E-state index in [9.17, 15) is 4.79 Å². The number of nitrogens with zero attached hydrogens (tertiary/aromatic N) is 2. The highest BCUT2D eigenvalue weighted by molar-refractivity contribution is 5.89. The Morgan fingerprint density at radius 2 is 2.35 bits per heavy atom. The van der Waals surface area contributed by atoms with Crippen LogP contribution < -0.4 is 10.1 Å². The molecule has 1 N–H and O–H groups in total. The van der Waals surface area contributed by atoms with Crippen molar-refractivity contribution in [2.75, 3.05) is 26.0 Å². The van der Waals surface area contributed by atoms with E-state index in [-0.39, 0.29) is 6.03 Å². The molecule has 0 aromatic heterocycles. The van der Waals surface area contributed by atoms with E-state index >= 15 is 0 Å². The molecule has 0 aliphatic carbocycles. The molecule has 5 heteroatoms. The molecule has 0 aliphatic heterocycles. The summed E-state index contributed by atoms with van der Waals surface area (Å²) in [6, 6.07) is 8.86. The molecule has 1 aromatic rings. The van der Waals surface area contributed by atoms with Gasteiger partial charge in [-0.05, 0) is 12.1 Å². The third-order valence-corrected chi connectivity index (χ3v) is 2.23. The molecular formula is C12H15N3O2. The number of rotatable bonds is 4. The van der Waals surface area contributed by atoms with Gasteiger partial charge in [-0.3, -0.25) is 0 Å². The Bertz CT molecular complexity index is 426. The summed E-state index contributed by atoms with van der Waals surface area (Å²) in [6.07, 6.45) is 0.321. The number of benzene rings is 1. The maximum atomic E-state index is 11.7. The zero-order chi connectivity index (χ0) is 12.7. The van der Waals surface area contributed by atoms with Crippen LogP contribution in [0.15, 0.2) is 24.3 Å². The molecule has 0 atom stereocenters. The lowest BCUT2D eigenvalue weighted by Crippen LogP contribution is -2.31. The molecule has 0 bridgehead atoms. The van der Waals surface area contributed by atoms with Gasteiger partial charge in [-0.25, -0.2) is 4.79 Å². The van der Waals surface area contributed by atoms with Crippen LogP contribution in [0.25, 0.3) is 0 Å². The van der Waals surface area contributed by atoms with E-state index in [0.29, 0.717) is 24.4 Å². The van der Waals surface area contributed by atoms with Crippen LogP contribution in [0.2, 0.25) is 0 Å². The SMILES string of the molecule is COc1cccc(NC(=O)N(C)CCC#N)c1. The van der Waals surface area contributed by atoms with Gasteiger partial charge in [-0.15, -0.1) is 0 Å². The minimum atomic E-state index is -0.242. The van der Waals surface area contributed by atoms with Gasteiger partial charge in [0.15, 0.2) is 0 Å². The zero-order valence-electron chi connectivity index (χ0n) is 9.93. The lowest BCUT2D eigenvalue weighted by atomic mass is 10.3. The first-order valence-corrected chi connectivity index (χ1v) is 5.20. The van der Waals surface area contributed by atoms with E-state index in [2.05, 4.69) is 5.32 Å². The van der Waals surface area contributed by atoms with E-state index in [1.54, 1.807) is 38.4 Å². The fourth-order valence-corrected chi connectivity index (χ4v) is 1.24. The van der Waals surface area contributed by atoms with Crippen LogP contribution >= 0.6 is 0 Å². The van der Waals surface area contributed by atoms with Gasteiger partial charge in [0.2, 0.25) is 0 Å². The molecule has 1 rings (SSSR count). The minimum Gasteiger partial charge on any atom is -0.497 e. The molecule has 17 heavy (non-hydrogen) atoms. The van der Waals surface area contributed by atoms with Crippen molar-refractivity contribution >= 4 is 11.7 Å². The number of carbonyl (C=O) groups is 1. The van der Waals surface area contributed by atoms with Crippen molar-refractivity contribution in [3.63, 3.8) is 0 Å². The van der Waals surface area contributed by atoms with Crippen LogP contribution in [0, 0.1) is 11.3 Å². The number of anilines is 1. The second-order valence-corrected chi connectivity index (χ2v) is 3.49. The maximum Gasteiger partial charge on any atom is 0.321 e. The highest BCUT2D eigenvalue weighted by Crippen LogP contribution is 2.16. The van der Waals surface area contributed by atoms with E-state index in [4.69, 9.17) is 10.00 Å². The Morgan fingerprint density at radius 1 is 1.59 bits per heavy atom. The highest BCUT2D eigenvalue weighted by Gasteiger charge is 2.08. The van der Waals surface area contributed by atoms with Crippen LogP contribution in [-0.4, -0.2) is 31.6 Å². The van der Waals surface area contributed by atoms with E-state index in [1.807, 2.05) is 6.07 Å². The van der Waals surface area contributed by atoms with Gasteiger partial charge >= 0.3 is 6.03 Å². The number of ether oxygens (including phenoxy) is 1. The van der Waals surface area contributed by atoms with Crippen molar-refractivity contribution in [2.24, 2.45) is 0 Å². The number of methoxy groups -OCH3 is 1. The third-order valence-electron chi connectivity index (χ3n) is 2.23. The number of nitriles is 1. The number of urea groups is 1. The number of carbonyl (C=O) groups excluding carboxylic acids is 1. The van der Waals surface area contributed by atoms with Gasteiger partial charge in [0, 0.05) is 25.3 Å². The Morgan fingerprint density at radius 3 is 3.00 bits per heavy atom. The van der Waals surface area contributed by atoms with Gasteiger partial charge in [0.05, 0.1) is 19.6 Å². The quantitative estimate of drug-likeness (QED) is 0.865. The monoisotopic (exact) mass is 233 g/mol. The second-order valence-electron chi connectivity index (χ2n) is 3.49. The summed E-state index contributed by atoms with van der Waals surface area (Å²) in [4.78, 5) is 13.1. The first-order valence-electron chi connectivity index (χ1n) is 5.20. The highest BCUT2D eigenvalue weighted by atomic mass is 16.5. The molecule has 0 unspecified atom stereocenters. The van der Waals surface area contributed by atoms with E-state index in [0.717, 1.165) is 0 Å². The first-order chi connectivity index (χ1) is 8.17.